The second-order valence-corrected chi connectivity index (χ2v) is 10.6. The van der Waals surface area contributed by atoms with E-state index >= 15 is 0 Å². The van der Waals surface area contributed by atoms with Crippen LogP contribution in [0.1, 0.15) is 32.6 Å². The normalized spacial score (nSPS) is 18.9. The molecule has 0 atom stereocenters. The van der Waals surface area contributed by atoms with Gasteiger partial charge in [-0.25, -0.2) is 18.1 Å². The first-order valence-corrected chi connectivity index (χ1v) is 12.9. The minimum Gasteiger partial charge on any atom is -0.431 e. The first-order chi connectivity index (χ1) is 16.5. The zero-order valence-corrected chi connectivity index (χ0v) is 20.6. The van der Waals surface area contributed by atoms with Gasteiger partial charge in [0.15, 0.2) is 0 Å². The number of hydrogen-bond acceptors (Lipinski definition) is 7. The largest absolute Gasteiger partial charge is 0.431 e. The second-order valence-electron chi connectivity index (χ2n) is 8.95. The fourth-order valence-corrected chi connectivity index (χ4v) is 5.67. The number of alkyl halides is 2. The predicted octanol–water partition coefficient (Wildman–Crippen LogP) is 4.39. The van der Waals surface area contributed by atoms with Crippen molar-refractivity contribution < 1.29 is 21.9 Å². The van der Waals surface area contributed by atoms with Gasteiger partial charge in [-0.05, 0) is 49.9 Å². The highest BCUT2D eigenvalue weighted by molar-refractivity contribution is 7.89. The van der Waals surface area contributed by atoms with Crippen LogP contribution in [0.3, 0.4) is 0 Å². The number of aromatic nitrogens is 2. The van der Waals surface area contributed by atoms with Gasteiger partial charge in [0, 0.05) is 38.5 Å². The summed E-state index contributed by atoms with van der Waals surface area (Å²) in [5, 5.41) is 4.35. The van der Waals surface area contributed by atoms with Gasteiger partial charge in [-0.3, -0.25) is 0 Å². The van der Waals surface area contributed by atoms with Crippen molar-refractivity contribution in [3.8, 4) is 5.75 Å². The highest BCUT2D eigenvalue weighted by Gasteiger charge is 2.31. The Morgan fingerprint density at radius 3 is 2.29 bits per heavy atom. The number of fused-ring (bicyclic) bond motifs is 1. The molecule has 1 aromatic heterocycles. The molecule has 1 aliphatic carbocycles. The fraction of sp³-hybridized carbons (Fsp3) is 0.417. The molecule has 0 saturated heterocycles. The van der Waals surface area contributed by atoms with Crippen LogP contribution in [0.4, 0.5) is 20.5 Å². The lowest BCUT2D eigenvalue weighted by Gasteiger charge is -2.30. The first-order valence-electron chi connectivity index (χ1n) is 11.4. The van der Waals surface area contributed by atoms with E-state index in [4.69, 9.17) is 0 Å². The summed E-state index contributed by atoms with van der Waals surface area (Å²) in [5.41, 5.74) is 0.841. The van der Waals surface area contributed by atoms with Crippen LogP contribution in [-0.4, -0.2) is 50.7 Å². The maximum Gasteiger partial charge on any atom is 0.394 e. The van der Waals surface area contributed by atoms with Crippen molar-refractivity contribution in [1.29, 1.82) is 0 Å². The number of nitrogens with one attached hydrogen (secondary N) is 2. The minimum atomic E-state index is -4.04. The zero-order valence-electron chi connectivity index (χ0n) is 19.8. The number of benzene rings is 2. The van der Waals surface area contributed by atoms with E-state index in [2.05, 4.69) is 24.7 Å². The molecule has 0 spiro atoms. The molecule has 11 heteroatoms. The Morgan fingerprint density at radius 2 is 1.60 bits per heavy atom. The van der Waals surface area contributed by atoms with Gasteiger partial charge in [0.25, 0.3) is 0 Å². The Kier molecular flexibility index (Phi) is 7.09. The van der Waals surface area contributed by atoms with Crippen LogP contribution in [0.5, 0.6) is 5.75 Å². The van der Waals surface area contributed by atoms with Crippen LogP contribution in [-0.2, 0) is 10.0 Å². The van der Waals surface area contributed by atoms with Gasteiger partial charge in [-0.1, -0.05) is 24.3 Å². The molecule has 2 N–H and O–H groups in total. The fourth-order valence-electron chi connectivity index (χ4n) is 4.24. The SMILES string of the molecule is CN(C)c1nc(N[C@H]2CC[C@@H](NS(=O)(=O)c3ccccc3OC(C)(F)F)CC2)nc2ccccc12. The molecule has 1 aliphatic rings. The highest BCUT2D eigenvalue weighted by atomic mass is 32.2. The summed E-state index contributed by atoms with van der Waals surface area (Å²) in [6.07, 6.45) is -0.930. The summed E-state index contributed by atoms with van der Waals surface area (Å²) < 4.78 is 59.8. The molecule has 1 heterocycles. The summed E-state index contributed by atoms with van der Waals surface area (Å²) in [6, 6.07) is 13.0. The van der Waals surface area contributed by atoms with Crippen LogP contribution >= 0.6 is 0 Å². The van der Waals surface area contributed by atoms with Gasteiger partial charge in [0.1, 0.15) is 16.5 Å². The molecule has 8 nitrogen and oxygen atoms in total. The van der Waals surface area contributed by atoms with Gasteiger partial charge in [-0.2, -0.15) is 13.8 Å². The molecule has 1 saturated carbocycles. The summed E-state index contributed by atoms with van der Waals surface area (Å²) in [7, 11) is -0.175. The van der Waals surface area contributed by atoms with E-state index in [-0.39, 0.29) is 22.7 Å². The van der Waals surface area contributed by atoms with E-state index in [0.717, 1.165) is 16.7 Å². The summed E-state index contributed by atoms with van der Waals surface area (Å²) in [6.45, 7) is 0.568. The third kappa shape index (κ3) is 6.15. The molecule has 1 fully saturated rings. The average molecular weight is 506 g/mol. The molecule has 0 aliphatic heterocycles. The Morgan fingerprint density at radius 1 is 0.971 bits per heavy atom. The zero-order chi connectivity index (χ0) is 25.2. The Hall–Kier alpha value is -3.05. The van der Waals surface area contributed by atoms with Crippen molar-refractivity contribution in [2.24, 2.45) is 0 Å². The standard InChI is InChI=1S/C24H29F2N5O3S/c1-24(25,26)34-20-10-6-7-11-21(20)35(32,33)30-17-14-12-16(13-15-17)27-23-28-19-9-5-4-8-18(19)22(29-23)31(2)3/h4-11,16-17,30H,12-15H2,1-3H3,(H,27,28,29)/t16-,17+. The lowest BCUT2D eigenvalue weighted by atomic mass is 9.92. The van der Waals surface area contributed by atoms with E-state index in [9.17, 15) is 17.2 Å². The van der Waals surface area contributed by atoms with Crippen LogP contribution in [0.15, 0.2) is 53.4 Å². The molecule has 0 bridgehead atoms. The molecular weight excluding hydrogens is 476 g/mol. The van der Waals surface area contributed by atoms with Gasteiger partial charge in [0.2, 0.25) is 16.0 Å². The van der Waals surface area contributed by atoms with E-state index in [1.54, 1.807) is 0 Å². The summed E-state index contributed by atoms with van der Waals surface area (Å²) in [5.74, 6) is 0.967. The highest BCUT2D eigenvalue weighted by Crippen LogP contribution is 2.30. The number of rotatable bonds is 8. The quantitative estimate of drug-likeness (QED) is 0.469. The van der Waals surface area contributed by atoms with Gasteiger partial charge < -0.3 is 15.0 Å². The monoisotopic (exact) mass is 505 g/mol. The molecule has 3 aromatic rings. The van der Waals surface area contributed by atoms with Gasteiger partial charge in [-0.15, -0.1) is 0 Å². The van der Waals surface area contributed by atoms with Crippen LogP contribution in [0.25, 0.3) is 10.9 Å². The van der Waals surface area contributed by atoms with E-state index in [0.29, 0.717) is 38.6 Å². The number of ether oxygens (including phenoxy) is 1. The van der Waals surface area contributed by atoms with Crippen molar-refractivity contribution in [2.45, 2.75) is 55.7 Å². The minimum absolute atomic E-state index is 0.0846. The number of hydrogen-bond donors (Lipinski definition) is 2. The molecule has 0 amide bonds. The average Bonchev–Trinajstić information content (AvgIpc) is 2.79. The van der Waals surface area contributed by atoms with Crippen LogP contribution in [0, 0.1) is 0 Å². The molecule has 2 aromatic carbocycles. The van der Waals surface area contributed by atoms with Crippen molar-refractivity contribution in [3.63, 3.8) is 0 Å². The van der Waals surface area contributed by atoms with Crippen molar-refractivity contribution >= 4 is 32.7 Å². The summed E-state index contributed by atoms with van der Waals surface area (Å²) in [4.78, 5) is 10.9. The van der Waals surface area contributed by atoms with Gasteiger partial charge in [0.05, 0.1) is 5.52 Å². The van der Waals surface area contributed by atoms with Crippen molar-refractivity contribution in [2.75, 3.05) is 24.3 Å². The Bertz CT molecular complexity index is 1290. The lowest BCUT2D eigenvalue weighted by molar-refractivity contribution is -0.160. The molecule has 0 unspecified atom stereocenters. The lowest BCUT2D eigenvalue weighted by Crippen LogP contribution is -2.40. The number of halogens is 2. The molecular formula is C24H29F2N5O3S. The number of nitrogens with zero attached hydrogens (tertiary/aromatic N) is 3. The maximum atomic E-state index is 13.4. The van der Waals surface area contributed by atoms with Crippen LogP contribution in [0.2, 0.25) is 0 Å². The summed E-state index contributed by atoms with van der Waals surface area (Å²) >= 11 is 0. The molecule has 35 heavy (non-hydrogen) atoms. The third-order valence-corrected chi connectivity index (χ3v) is 7.38. The van der Waals surface area contributed by atoms with E-state index in [1.807, 2.05) is 43.3 Å². The topological polar surface area (TPSA) is 96.5 Å². The third-order valence-electron chi connectivity index (χ3n) is 5.82. The van der Waals surface area contributed by atoms with Gasteiger partial charge >= 0.3 is 6.11 Å². The van der Waals surface area contributed by atoms with Crippen molar-refractivity contribution in [1.82, 2.24) is 14.7 Å². The molecule has 4 rings (SSSR count). The van der Waals surface area contributed by atoms with E-state index in [1.165, 1.54) is 24.3 Å². The number of anilines is 2. The maximum absolute atomic E-state index is 13.4. The number of para-hydroxylation sites is 2. The van der Waals surface area contributed by atoms with E-state index < -0.39 is 16.1 Å². The first kappa shape index (κ1) is 25.1. The van der Waals surface area contributed by atoms with Crippen LogP contribution < -0.4 is 19.7 Å². The predicted molar refractivity (Wildman–Crippen MR) is 132 cm³/mol. The molecule has 0 radical (unpaired) electrons. The Labute approximate surface area is 203 Å². The Balaban J connectivity index is 1.41. The molecule has 188 valence electrons. The number of sulfonamides is 1. The second kappa shape index (κ2) is 9.90. The smallest absolute Gasteiger partial charge is 0.394 e. The van der Waals surface area contributed by atoms with Crippen molar-refractivity contribution in [3.05, 3.63) is 48.5 Å².